The summed E-state index contributed by atoms with van der Waals surface area (Å²) in [5.74, 6) is 1.98. The van der Waals surface area contributed by atoms with Gasteiger partial charge in [-0.05, 0) is 59.7 Å². The minimum absolute atomic E-state index is 0.145. The average molecular weight is 409 g/mol. The fraction of sp³-hybridized carbons (Fsp3) is 0.0741. The number of rotatable bonds is 7. The van der Waals surface area contributed by atoms with Gasteiger partial charge in [-0.15, -0.1) is 0 Å². The summed E-state index contributed by atoms with van der Waals surface area (Å²) >= 11 is 0. The molecule has 0 aromatic heterocycles. The van der Waals surface area contributed by atoms with Gasteiger partial charge in [0.1, 0.15) is 17.2 Å². The number of hydrogen-bond donors (Lipinski definition) is 1. The molecule has 0 saturated carbocycles. The molecule has 1 amide bonds. The Morgan fingerprint density at radius 1 is 0.645 bits per heavy atom. The van der Waals surface area contributed by atoms with E-state index in [-0.39, 0.29) is 11.9 Å². The lowest BCUT2D eigenvalue weighted by molar-refractivity contribution is 0.0943. The van der Waals surface area contributed by atoms with Crippen LogP contribution in [0.3, 0.4) is 0 Å². The van der Waals surface area contributed by atoms with Crippen molar-refractivity contribution in [2.45, 2.75) is 6.04 Å². The summed E-state index contributed by atoms with van der Waals surface area (Å²) in [5.41, 5.74) is 2.63. The number of carbonyl (C=O) groups excluding carboxylic acids is 1. The summed E-state index contributed by atoms with van der Waals surface area (Å²) in [4.78, 5) is 13.0. The van der Waals surface area contributed by atoms with Crippen molar-refractivity contribution in [1.82, 2.24) is 5.32 Å². The van der Waals surface area contributed by atoms with E-state index in [2.05, 4.69) is 5.32 Å². The van der Waals surface area contributed by atoms with E-state index < -0.39 is 0 Å². The molecule has 4 nitrogen and oxygen atoms in total. The van der Waals surface area contributed by atoms with Crippen LogP contribution in [-0.2, 0) is 0 Å². The minimum Gasteiger partial charge on any atom is -0.497 e. The third-order valence-electron chi connectivity index (χ3n) is 4.95. The Morgan fingerprint density at radius 2 is 1.10 bits per heavy atom. The van der Waals surface area contributed by atoms with E-state index in [0.717, 1.165) is 16.9 Å². The van der Waals surface area contributed by atoms with Gasteiger partial charge < -0.3 is 14.8 Å². The lowest BCUT2D eigenvalue weighted by atomic mass is 9.98. The van der Waals surface area contributed by atoms with Gasteiger partial charge in [-0.25, -0.2) is 0 Å². The number of ether oxygens (including phenoxy) is 2. The Labute approximate surface area is 182 Å². The van der Waals surface area contributed by atoms with Gasteiger partial charge in [-0.2, -0.15) is 0 Å². The van der Waals surface area contributed by atoms with Crippen LogP contribution < -0.4 is 14.8 Å². The van der Waals surface area contributed by atoms with Crippen LogP contribution in [0.5, 0.6) is 17.2 Å². The van der Waals surface area contributed by atoms with Crippen molar-refractivity contribution in [3.63, 3.8) is 0 Å². The maximum absolute atomic E-state index is 13.0. The van der Waals surface area contributed by atoms with Crippen LogP contribution in [0.25, 0.3) is 0 Å². The van der Waals surface area contributed by atoms with Crippen molar-refractivity contribution in [3.8, 4) is 17.2 Å². The van der Waals surface area contributed by atoms with Gasteiger partial charge in [-0.3, -0.25) is 4.79 Å². The second-order valence-electron chi connectivity index (χ2n) is 7.03. The van der Waals surface area contributed by atoms with E-state index in [9.17, 15) is 4.79 Å². The lowest BCUT2D eigenvalue weighted by Gasteiger charge is -2.20. The van der Waals surface area contributed by atoms with Crippen molar-refractivity contribution < 1.29 is 14.3 Å². The van der Waals surface area contributed by atoms with Crippen molar-refractivity contribution in [1.29, 1.82) is 0 Å². The number of amides is 1. The molecule has 154 valence electrons. The topological polar surface area (TPSA) is 47.6 Å². The van der Waals surface area contributed by atoms with Crippen molar-refractivity contribution in [2.24, 2.45) is 0 Å². The van der Waals surface area contributed by atoms with E-state index in [1.807, 2.05) is 84.9 Å². The zero-order valence-corrected chi connectivity index (χ0v) is 17.2. The van der Waals surface area contributed by atoms with Crippen LogP contribution in [-0.4, -0.2) is 13.0 Å². The van der Waals surface area contributed by atoms with Gasteiger partial charge >= 0.3 is 0 Å². The number of benzene rings is 4. The highest BCUT2D eigenvalue weighted by Crippen LogP contribution is 2.25. The van der Waals surface area contributed by atoms with Gasteiger partial charge in [0.25, 0.3) is 5.91 Å². The van der Waals surface area contributed by atoms with Crippen LogP contribution in [0.4, 0.5) is 0 Å². The zero-order chi connectivity index (χ0) is 21.5. The van der Waals surface area contributed by atoms with Crippen LogP contribution in [0.15, 0.2) is 109 Å². The number of carbonyl (C=O) groups is 1. The van der Waals surface area contributed by atoms with E-state index in [0.29, 0.717) is 17.1 Å². The smallest absolute Gasteiger partial charge is 0.252 e. The first-order chi connectivity index (χ1) is 15.2. The first kappa shape index (κ1) is 20.2. The second-order valence-corrected chi connectivity index (χ2v) is 7.03. The molecule has 0 aliphatic heterocycles. The zero-order valence-electron chi connectivity index (χ0n) is 17.2. The SMILES string of the molecule is COc1ccc(Oc2ccc(C(=O)NC(c3ccccc3)c3ccccc3)cc2)cc1. The van der Waals surface area contributed by atoms with E-state index in [4.69, 9.17) is 9.47 Å². The Morgan fingerprint density at radius 3 is 1.58 bits per heavy atom. The largest absolute Gasteiger partial charge is 0.497 e. The fourth-order valence-corrected chi connectivity index (χ4v) is 3.32. The predicted molar refractivity (Wildman–Crippen MR) is 122 cm³/mol. The normalized spacial score (nSPS) is 10.5. The van der Waals surface area contributed by atoms with E-state index in [1.165, 1.54) is 0 Å². The molecule has 0 aliphatic carbocycles. The third kappa shape index (κ3) is 5.11. The summed E-state index contributed by atoms with van der Waals surface area (Å²) in [6.07, 6.45) is 0. The lowest BCUT2D eigenvalue weighted by Crippen LogP contribution is -2.29. The predicted octanol–water partition coefficient (Wildman–Crippen LogP) is 6.01. The summed E-state index contributed by atoms with van der Waals surface area (Å²) in [7, 11) is 1.62. The number of nitrogens with one attached hydrogen (secondary N) is 1. The van der Waals surface area contributed by atoms with Crippen LogP contribution in [0.1, 0.15) is 27.5 Å². The fourth-order valence-electron chi connectivity index (χ4n) is 3.32. The number of hydrogen-bond acceptors (Lipinski definition) is 3. The molecule has 0 bridgehead atoms. The van der Waals surface area contributed by atoms with Crippen LogP contribution in [0.2, 0.25) is 0 Å². The van der Waals surface area contributed by atoms with Gasteiger partial charge in [0.15, 0.2) is 0 Å². The van der Waals surface area contributed by atoms with Crippen LogP contribution in [0, 0.1) is 0 Å². The van der Waals surface area contributed by atoms with E-state index in [1.54, 1.807) is 31.4 Å². The highest BCUT2D eigenvalue weighted by Gasteiger charge is 2.17. The molecule has 0 unspecified atom stereocenters. The number of methoxy groups -OCH3 is 1. The van der Waals surface area contributed by atoms with Gasteiger partial charge in [-0.1, -0.05) is 60.7 Å². The average Bonchev–Trinajstić information content (AvgIpc) is 2.84. The summed E-state index contributed by atoms with van der Waals surface area (Å²) < 4.78 is 11.0. The molecule has 0 aliphatic rings. The molecule has 0 saturated heterocycles. The molecule has 4 aromatic rings. The highest BCUT2D eigenvalue weighted by molar-refractivity contribution is 5.94. The molecule has 0 heterocycles. The molecule has 1 N–H and O–H groups in total. The molecule has 0 radical (unpaired) electrons. The summed E-state index contributed by atoms with van der Waals surface area (Å²) in [6.45, 7) is 0. The quantitative estimate of drug-likeness (QED) is 0.407. The monoisotopic (exact) mass is 409 g/mol. The van der Waals surface area contributed by atoms with E-state index >= 15 is 0 Å². The first-order valence-electron chi connectivity index (χ1n) is 10.1. The van der Waals surface area contributed by atoms with Gasteiger partial charge in [0, 0.05) is 5.56 Å². The Hall–Kier alpha value is -4.05. The highest BCUT2D eigenvalue weighted by atomic mass is 16.5. The Balaban J connectivity index is 1.48. The Kier molecular flexibility index (Phi) is 6.29. The molecule has 0 atom stereocenters. The first-order valence-corrected chi connectivity index (χ1v) is 10.1. The summed E-state index contributed by atoms with van der Waals surface area (Å²) in [6, 6.07) is 34.1. The molecule has 0 fully saturated rings. The maximum Gasteiger partial charge on any atom is 0.252 e. The molecule has 4 aromatic carbocycles. The second kappa shape index (κ2) is 9.63. The molecule has 31 heavy (non-hydrogen) atoms. The maximum atomic E-state index is 13.0. The molecule has 0 spiro atoms. The van der Waals surface area contributed by atoms with Crippen molar-refractivity contribution in [3.05, 3.63) is 126 Å². The van der Waals surface area contributed by atoms with Crippen molar-refractivity contribution >= 4 is 5.91 Å². The summed E-state index contributed by atoms with van der Waals surface area (Å²) in [5, 5.41) is 3.15. The van der Waals surface area contributed by atoms with Crippen molar-refractivity contribution in [2.75, 3.05) is 7.11 Å². The van der Waals surface area contributed by atoms with Gasteiger partial charge in [0.2, 0.25) is 0 Å². The van der Waals surface area contributed by atoms with Gasteiger partial charge in [0.05, 0.1) is 13.2 Å². The standard InChI is InChI=1S/C27H23NO3/c1-30-23-16-18-25(19-17-23)31-24-14-12-22(13-15-24)27(29)28-26(20-8-4-2-5-9-20)21-10-6-3-7-11-21/h2-19,26H,1H3,(H,28,29). The Bertz CT molecular complexity index is 1070. The molecular weight excluding hydrogens is 386 g/mol. The molecular formula is C27H23NO3. The van der Waals surface area contributed by atoms with Crippen LogP contribution >= 0.6 is 0 Å². The third-order valence-corrected chi connectivity index (χ3v) is 4.95. The molecule has 4 rings (SSSR count). The molecule has 4 heteroatoms. The minimum atomic E-state index is -0.231.